The Morgan fingerprint density at radius 3 is 2.44 bits per heavy atom. The molecule has 0 saturated carbocycles. The predicted molar refractivity (Wildman–Crippen MR) is 98.1 cm³/mol. The van der Waals surface area contributed by atoms with Gasteiger partial charge in [-0.3, -0.25) is 10.2 Å². The third-order valence-electron chi connectivity index (χ3n) is 3.38. The van der Waals surface area contributed by atoms with Gasteiger partial charge in [-0.25, -0.2) is 4.79 Å². The molecule has 0 bridgehead atoms. The van der Waals surface area contributed by atoms with Crippen molar-refractivity contribution in [1.29, 1.82) is 5.26 Å². The van der Waals surface area contributed by atoms with Gasteiger partial charge in [-0.05, 0) is 36.8 Å². The zero-order valence-electron chi connectivity index (χ0n) is 14.8. The monoisotopic (exact) mass is 365 g/mol. The van der Waals surface area contributed by atoms with E-state index in [1.165, 1.54) is 0 Å². The van der Waals surface area contributed by atoms with Crippen molar-refractivity contribution in [3.05, 3.63) is 77.5 Å². The van der Waals surface area contributed by atoms with E-state index in [-0.39, 0.29) is 12.2 Å². The highest BCUT2D eigenvalue weighted by Gasteiger charge is 2.10. The average Bonchev–Trinajstić information content (AvgIpc) is 2.71. The Labute approximate surface area is 157 Å². The Morgan fingerprint density at radius 1 is 1.11 bits per heavy atom. The molecule has 2 rings (SSSR count). The first-order valence-electron chi connectivity index (χ1n) is 8.24. The molecule has 0 unspecified atom stereocenters. The van der Waals surface area contributed by atoms with E-state index in [2.05, 4.69) is 10.9 Å². The third kappa shape index (κ3) is 6.21. The van der Waals surface area contributed by atoms with Crippen molar-refractivity contribution in [3.63, 3.8) is 0 Å². The van der Waals surface area contributed by atoms with Crippen molar-refractivity contribution in [2.24, 2.45) is 0 Å². The van der Waals surface area contributed by atoms with E-state index in [9.17, 15) is 9.59 Å². The van der Waals surface area contributed by atoms with E-state index in [4.69, 9.17) is 14.7 Å². The number of carbonyl (C=O) groups is 2. The molecule has 0 radical (unpaired) electrons. The van der Waals surface area contributed by atoms with Gasteiger partial charge in [0.15, 0.2) is 5.57 Å². The molecule has 0 aliphatic heterocycles. The van der Waals surface area contributed by atoms with Gasteiger partial charge in [0.05, 0.1) is 6.61 Å². The zero-order chi connectivity index (χ0) is 19.5. The maximum absolute atomic E-state index is 12.1. The first kappa shape index (κ1) is 19.5. The molecule has 138 valence electrons. The summed E-state index contributed by atoms with van der Waals surface area (Å²) in [5, 5.41) is 8.89. The van der Waals surface area contributed by atoms with Crippen molar-refractivity contribution >= 4 is 11.9 Å². The van der Waals surface area contributed by atoms with Crippen LogP contribution in [-0.4, -0.2) is 18.5 Å². The minimum absolute atomic E-state index is 0.157. The summed E-state index contributed by atoms with van der Waals surface area (Å²) in [6.45, 7) is 2.18. The first-order valence-corrected chi connectivity index (χ1v) is 8.24. The lowest BCUT2D eigenvalue weighted by Crippen LogP contribution is -2.34. The molecule has 0 aliphatic carbocycles. The molecular formula is C20H19N3O4. The van der Waals surface area contributed by atoms with Gasteiger partial charge in [0, 0.05) is 11.8 Å². The fraction of sp³-hybridized carbons (Fsp3) is 0.150. The molecule has 0 heterocycles. The van der Waals surface area contributed by atoms with Gasteiger partial charge in [0.2, 0.25) is 0 Å². The second kappa shape index (κ2) is 10.3. The molecule has 27 heavy (non-hydrogen) atoms. The molecular weight excluding hydrogens is 346 g/mol. The lowest BCUT2D eigenvalue weighted by atomic mass is 10.1. The Bertz CT molecular complexity index is 840. The number of rotatable bonds is 8. The highest BCUT2D eigenvalue weighted by molar-refractivity contribution is 5.94. The molecule has 7 nitrogen and oxygen atoms in total. The van der Waals surface area contributed by atoms with Gasteiger partial charge in [-0.1, -0.05) is 30.3 Å². The average molecular weight is 365 g/mol. The Balaban J connectivity index is 1.86. The van der Waals surface area contributed by atoms with Crippen LogP contribution >= 0.6 is 0 Å². The van der Waals surface area contributed by atoms with E-state index >= 15 is 0 Å². The second-order valence-electron chi connectivity index (χ2n) is 5.29. The van der Waals surface area contributed by atoms with Crippen LogP contribution in [0.2, 0.25) is 0 Å². The number of hydrazine groups is 1. The van der Waals surface area contributed by atoms with Crippen LogP contribution in [0.3, 0.4) is 0 Å². The number of ether oxygens (including phenoxy) is 2. The van der Waals surface area contributed by atoms with Gasteiger partial charge in [-0.15, -0.1) is 0 Å². The molecule has 2 aromatic rings. The summed E-state index contributed by atoms with van der Waals surface area (Å²) < 4.78 is 10.4. The number of amides is 1. The Hall–Kier alpha value is -3.79. The summed E-state index contributed by atoms with van der Waals surface area (Å²) >= 11 is 0. The van der Waals surface area contributed by atoms with Crippen molar-refractivity contribution in [2.45, 2.75) is 13.5 Å². The zero-order valence-corrected chi connectivity index (χ0v) is 14.8. The number of carbonyl (C=O) groups excluding carboxylic acids is 2. The second-order valence-corrected chi connectivity index (χ2v) is 5.29. The van der Waals surface area contributed by atoms with E-state index in [1.54, 1.807) is 37.3 Å². The summed E-state index contributed by atoms with van der Waals surface area (Å²) in [5.41, 5.74) is 5.89. The maximum atomic E-state index is 12.1. The van der Waals surface area contributed by atoms with Crippen molar-refractivity contribution < 1.29 is 19.1 Å². The molecule has 0 aromatic heterocycles. The van der Waals surface area contributed by atoms with Crippen LogP contribution < -0.4 is 15.6 Å². The molecule has 0 fully saturated rings. The van der Waals surface area contributed by atoms with Crippen LogP contribution in [0.25, 0.3) is 0 Å². The van der Waals surface area contributed by atoms with Crippen LogP contribution in [0.4, 0.5) is 0 Å². The van der Waals surface area contributed by atoms with E-state index < -0.39 is 11.9 Å². The third-order valence-corrected chi connectivity index (χ3v) is 3.38. The number of benzene rings is 2. The minimum Gasteiger partial charge on any atom is -0.489 e. The highest BCUT2D eigenvalue weighted by Crippen LogP contribution is 2.12. The molecule has 0 saturated heterocycles. The van der Waals surface area contributed by atoms with Crippen LogP contribution in [0.1, 0.15) is 22.8 Å². The van der Waals surface area contributed by atoms with Crippen LogP contribution in [0.5, 0.6) is 5.75 Å². The van der Waals surface area contributed by atoms with Crippen LogP contribution in [-0.2, 0) is 16.1 Å². The molecule has 0 aliphatic rings. The fourth-order valence-corrected chi connectivity index (χ4v) is 2.03. The van der Waals surface area contributed by atoms with Crippen LogP contribution in [0.15, 0.2) is 66.4 Å². The van der Waals surface area contributed by atoms with Gasteiger partial charge < -0.3 is 14.9 Å². The first-order chi connectivity index (χ1) is 13.1. The standard InChI is InChI=1S/C20H19N3O4/c1-2-26-20(25)17(12-21)13-22-23-19(24)16-10-8-15(9-11-16)14-27-18-6-4-3-5-7-18/h3-11,13,22H,2,14H2,1H3,(H,23,24)/b17-13+. The molecule has 0 spiro atoms. The van der Waals surface area contributed by atoms with Gasteiger partial charge in [0.25, 0.3) is 5.91 Å². The molecule has 2 N–H and O–H groups in total. The van der Waals surface area contributed by atoms with E-state index in [0.29, 0.717) is 12.2 Å². The van der Waals surface area contributed by atoms with Gasteiger partial charge >= 0.3 is 5.97 Å². The van der Waals surface area contributed by atoms with Crippen LogP contribution in [0, 0.1) is 11.3 Å². The number of esters is 1. The maximum Gasteiger partial charge on any atom is 0.350 e. The Kier molecular flexibility index (Phi) is 7.42. The summed E-state index contributed by atoms with van der Waals surface area (Å²) in [4.78, 5) is 23.5. The minimum atomic E-state index is -0.760. The summed E-state index contributed by atoms with van der Waals surface area (Å²) in [7, 11) is 0. The van der Waals surface area contributed by atoms with Gasteiger partial charge in [-0.2, -0.15) is 5.26 Å². The molecule has 0 atom stereocenters. The number of hydrogen-bond donors (Lipinski definition) is 2. The van der Waals surface area contributed by atoms with E-state index in [0.717, 1.165) is 17.5 Å². The largest absolute Gasteiger partial charge is 0.489 e. The summed E-state index contributed by atoms with van der Waals surface area (Å²) in [6.07, 6.45) is 1.08. The number of nitrogens with one attached hydrogen (secondary N) is 2. The molecule has 7 heteroatoms. The highest BCUT2D eigenvalue weighted by atomic mass is 16.5. The predicted octanol–water partition coefficient (Wildman–Crippen LogP) is 2.47. The molecule has 1 amide bonds. The number of hydrogen-bond acceptors (Lipinski definition) is 6. The summed E-state index contributed by atoms with van der Waals surface area (Å²) in [6, 6.07) is 18.0. The van der Waals surface area contributed by atoms with Crippen molar-refractivity contribution in [1.82, 2.24) is 10.9 Å². The topological polar surface area (TPSA) is 100 Å². The number of nitriles is 1. The Morgan fingerprint density at radius 2 is 1.81 bits per heavy atom. The SMILES string of the molecule is CCOC(=O)/C(C#N)=C/NNC(=O)c1ccc(COc2ccccc2)cc1. The van der Waals surface area contributed by atoms with E-state index in [1.807, 2.05) is 30.3 Å². The fourth-order valence-electron chi connectivity index (χ4n) is 2.03. The molecule has 2 aromatic carbocycles. The summed E-state index contributed by atoms with van der Waals surface area (Å²) in [5.74, 6) is -0.405. The van der Waals surface area contributed by atoms with Crippen molar-refractivity contribution in [2.75, 3.05) is 6.61 Å². The van der Waals surface area contributed by atoms with Gasteiger partial charge in [0.1, 0.15) is 18.4 Å². The number of para-hydroxylation sites is 1. The smallest absolute Gasteiger partial charge is 0.350 e. The lowest BCUT2D eigenvalue weighted by molar-refractivity contribution is -0.138. The number of nitrogens with zero attached hydrogens (tertiary/aromatic N) is 1. The van der Waals surface area contributed by atoms with Crippen molar-refractivity contribution in [3.8, 4) is 11.8 Å². The quantitative estimate of drug-likeness (QED) is 0.323. The lowest BCUT2D eigenvalue weighted by Gasteiger charge is -2.08. The normalized spacial score (nSPS) is 10.4.